The Labute approximate surface area is 124 Å². The topological polar surface area (TPSA) is 41.9 Å². The molecule has 0 saturated carbocycles. The second kappa shape index (κ2) is 6.20. The number of benzene rings is 1. The third-order valence-electron chi connectivity index (χ3n) is 4.13. The van der Waals surface area contributed by atoms with Gasteiger partial charge in [-0.25, -0.2) is 0 Å². The minimum atomic E-state index is 0.246. The summed E-state index contributed by atoms with van der Waals surface area (Å²) >= 11 is 6.34. The predicted octanol–water partition coefficient (Wildman–Crippen LogP) is 2.81. The first kappa shape index (κ1) is 14.0. The maximum absolute atomic E-state index is 9.19. The zero-order valence-corrected chi connectivity index (χ0v) is 12.2. The second-order valence-electron chi connectivity index (χ2n) is 5.43. The molecule has 2 heterocycles. The van der Waals surface area contributed by atoms with Crippen molar-refractivity contribution in [2.75, 3.05) is 19.9 Å². The molecule has 5 heteroatoms. The molecule has 4 nitrogen and oxygen atoms in total. The first-order valence-electron chi connectivity index (χ1n) is 7.21. The number of hydrogen-bond acceptors (Lipinski definition) is 4. The first-order chi connectivity index (χ1) is 9.78. The van der Waals surface area contributed by atoms with Gasteiger partial charge in [0.15, 0.2) is 11.5 Å². The van der Waals surface area contributed by atoms with Crippen LogP contribution in [0, 0.1) is 0 Å². The molecule has 1 unspecified atom stereocenters. The van der Waals surface area contributed by atoms with Gasteiger partial charge in [-0.05, 0) is 37.4 Å². The first-order valence-corrected chi connectivity index (χ1v) is 7.58. The van der Waals surface area contributed by atoms with Gasteiger partial charge >= 0.3 is 0 Å². The molecule has 0 amide bonds. The predicted molar refractivity (Wildman–Crippen MR) is 77.3 cm³/mol. The average Bonchev–Trinajstić information content (AvgIpc) is 2.88. The van der Waals surface area contributed by atoms with Crippen LogP contribution in [0.3, 0.4) is 0 Å². The van der Waals surface area contributed by atoms with Crippen molar-refractivity contribution < 1.29 is 14.6 Å². The Hall–Kier alpha value is -0.970. The van der Waals surface area contributed by atoms with E-state index >= 15 is 0 Å². The minimum absolute atomic E-state index is 0.246. The Balaban J connectivity index is 1.76. The highest BCUT2D eigenvalue weighted by atomic mass is 35.5. The molecular formula is C15H20ClNO3. The van der Waals surface area contributed by atoms with Crippen LogP contribution >= 0.6 is 11.6 Å². The zero-order valence-electron chi connectivity index (χ0n) is 11.5. The van der Waals surface area contributed by atoms with Gasteiger partial charge in [-0.15, -0.1) is 0 Å². The van der Waals surface area contributed by atoms with E-state index in [1.165, 1.54) is 12.8 Å². The van der Waals surface area contributed by atoms with Crippen molar-refractivity contribution in [3.05, 3.63) is 22.7 Å². The van der Waals surface area contributed by atoms with Gasteiger partial charge in [-0.2, -0.15) is 0 Å². The lowest BCUT2D eigenvalue weighted by atomic mass is 9.98. The van der Waals surface area contributed by atoms with Crippen molar-refractivity contribution in [2.45, 2.75) is 38.3 Å². The summed E-state index contributed by atoms with van der Waals surface area (Å²) in [7, 11) is 0. The molecule has 110 valence electrons. The molecule has 0 aliphatic carbocycles. The lowest BCUT2D eigenvalue weighted by Crippen LogP contribution is -2.39. The number of halogens is 1. The minimum Gasteiger partial charge on any atom is -0.454 e. The van der Waals surface area contributed by atoms with Gasteiger partial charge in [0.1, 0.15) is 0 Å². The van der Waals surface area contributed by atoms with Gasteiger partial charge in [0.05, 0.1) is 0 Å². The molecule has 1 atom stereocenters. The maximum Gasteiger partial charge on any atom is 0.231 e. The van der Waals surface area contributed by atoms with Crippen LogP contribution in [0.1, 0.15) is 31.2 Å². The summed E-state index contributed by atoms with van der Waals surface area (Å²) in [5, 5.41) is 9.92. The summed E-state index contributed by atoms with van der Waals surface area (Å²) in [5.41, 5.74) is 1.07. The van der Waals surface area contributed by atoms with Crippen LogP contribution in [0.2, 0.25) is 5.02 Å². The van der Waals surface area contributed by atoms with Crippen LogP contribution in [0.5, 0.6) is 11.5 Å². The summed E-state index contributed by atoms with van der Waals surface area (Å²) in [6.45, 7) is 2.39. The Bertz CT molecular complexity index is 478. The summed E-state index contributed by atoms with van der Waals surface area (Å²) in [6, 6.07) is 4.27. The lowest BCUT2D eigenvalue weighted by molar-refractivity contribution is 0.112. The monoisotopic (exact) mass is 297 g/mol. The van der Waals surface area contributed by atoms with Crippen LogP contribution in [0.4, 0.5) is 0 Å². The third-order valence-corrected chi connectivity index (χ3v) is 4.48. The van der Waals surface area contributed by atoms with Crippen LogP contribution in [0.15, 0.2) is 12.1 Å². The molecule has 1 aromatic rings. The number of ether oxygens (including phenoxy) is 2. The number of aliphatic hydroxyl groups is 1. The molecule has 2 aliphatic heterocycles. The second-order valence-corrected chi connectivity index (χ2v) is 5.84. The average molecular weight is 298 g/mol. The van der Waals surface area contributed by atoms with Crippen LogP contribution in [-0.2, 0) is 6.54 Å². The van der Waals surface area contributed by atoms with E-state index in [1.807, 2.05) is 12.1 Å². The van der Waals surface area contributed by atoms with Gasteiger partial charge in [0.2, 0.25) is 6.79 Å². The van der Waals surface area contributed by atoms with Crippen molar-refractivity contribution in [3.63, 3.8) is 0 Å². The Morgan fingerprint density at radius 2 is 2.05 bits per heavy atom. The number of aliphatic hydroxyl groups excluding tert-OH is 1. The number of piperidine rings is 1. The Morgan fingerprint density at radius 1 is 1.25 bits per heavy atom. The van der Waals surface area contributed by atoms with Gasteiger partial charge in [0.25, 0.3) is 0 Å². The van der Waals surface area contributed by atoms with E-state index in [0.717, 1.165) is 48.0 Å². The summed E-state index contributed by atoms with van der Waals surface area (Å²) in [6.07, 6.45) is 4.45. The molecule has 0 radical (unpaired) electrons. The van der Waals surface area contributed by atoms with Gasteiger partial charge in [0, 0.05) is 30.3 Å². The van der Waals surface area contributed by atoms with Gasteiger partial charge in [-0.1, -0.05) is 18.0 Å². The maximum atomic E-state index is 9.19. The molecule has 1 saturated heterocycles. The lowest BCUT2D eigenvalue weighted by Gasteiger charge is -2.35. The summed E-state index contributed by atoms with van der Waals surface area (Å²) < 4.78 is 10.7. The molecule has 1 N–H and O–H groups in total. The molecule has 1 aromatic carbocycles. The molecule has 3 rings (SSSR count). The molecule has 2 aliphatic rings. The molecule has 20 heavy (non-hydrogen) atoms. The summed E-state index contributed by atoms with van der Waals surface area (Å²) in [5.74, 6) is 1.50. The van der Waals surface area contributed by atoms with E-state index in [9.17, 15) is 5.11 Å². The van der Waals surface area contributed by atoms with Crippen molar-refractivity contribution in [1.82, 2.24) is 4.90 Å². The quantitative estimate of drug-likeness (QED) is 0.928. The van der Waals surface area contributed by atoms with Crippen LogP contribution < -0.4 is 9.47 Å². The number of nitrogens with zero attached hydrogens (tertiary/aromatic N) is 1. The molecule has 1 fully saturated rings. The highest BCUT2D eigenvalue weighted by Crippen LogP contribution is 2.37. The fourth-order valence-electron chi connectivity index (χ4n) is 3.04. The number of fused-ring (bicyclic) bond motifs is 1. The van der Waals surface area contributed by atoms with Crippen molar-refractivity contribution >= 4 is 11.6 Å². The number of rotatable bonds is 4. The van der Waals surface area contributed by atoms with Gasteiger partial charge in [-0.3, -0.25) is 4.90 Å². The van der Waals surface area contributed by atoms with E-state index in [-0.39, 0.29) is 13.4 Å². The van der Waals surface area contributed by atoms with E-state index in [4.69, 9.17) is 21.1 Å². The largest absolute Gasteiger partial charge is 0.454 e. The van der Waals surface area contributed by atoms with Crippen molar-refractivity contribution in [1.29, 1.82) is 0 Å². The third kappa shape index (κ3) is 2.87. The molecule has 0 aromatic heterocycles. The molecular weight excluding hydrogens is 278 g/mol. The fraction of sp³-hybridized carbons (Fsp3) is 0.600. The number of hydrogen-bond donors (Lipinski definition) is 1. The smallest absolute Gasteiger partial charge is 0.231 e. The van der Waals surface area contributed by atoms with Crippen molar-refractivity contribution in [3.8, 4) is 11.5 Å². The Morgan fingerprint density at radius 3 is 2.85 bits per heavy atom. The number of likely N-dealkylation sites (tertiary alicyclic amines) is 1. The van der Waals surface area contributed by atoms with Crippen LogP contribution in [0.25, 0.3) is 0 Å². The zero-order chi connectivity index (χ0) is 13.9. The standard InChI is InChI=1S/C15H20ClNO3/c16-13-8-15-14(19-10-20-15)7-11(13)9-17-5-2-1-3-12(17)4-6-18/h7-8,12,18H,1-6,9-10H2. The van der Waals surface area contributed by atoms with Gasteiger partial charge < -0.3 is 14.6 Å². The highest BCUT2D eigenvalue weighted by Gasteiger charge is 2.24. The molecule has 0 spiro atoms. The fourth-order valence-corrected chi connectivity index (χ4v) is 3.26. The SMILES string of the molecule is OCCC1CCCCN1Cc1cc2c(cc1Cl)OCO2. The normalized spacial score (nSPS) is 22.2. The van der Waals surface area contributed by atoms with E-state index in [2.05, 4.69) is 4.90 Å². The van der Waals surface area contributed by atoms with E-state index in [0.29, 0.717) is 6.04 Å². The highest BCUT2D eigenvalue weighted by molar-refractivity contribution is 6.31. The van der Waals surface area contributed by atoms with Crippen molar-refractivity contribution in [2.24, 2.45) is 0 Å². The Kier molecular flexibility index (Phi) is 4.34. The summed E-state index contributed by atoms with van der Waals surface area (Å²) in [4.78, 5) is 2.42. The van der Waals surface area contributed by atoms with Crippen LogP contribution in [-0.4, -0.2) is 36.0 Å². The molecule has 0 bridgehead atoms. The van der Waals surface area contributed by atoms with E-state index < -0.39 is 0 Å². The van der Waals surface area contributed by atoms with E-state index in [1.54, 1.807) is 0 Å².